The van der Waals surface area contributed by atoms with Crippen molar-refractivity contribution in [3.63, 3.8) is 0 Å². The predicted octanol–water partition coefficient (Wildman–Crippen LogP) is 2.31. The molecule has 1 saturated heterocycles. The van der Waals surface area contributed by atoms with Gasteiger partial charge < -0.3 is 15.5 Å². The fourth-order valence-corrected chi connectivity index (χ4v) is 2.51. The second kappa shape index (κ2) is 7.02. The lowest BCUT2D eigenvalue weighted by molar-refractivity contribution is 0.589. The summed E-state index contributed by atoms with van der Waals surface area (Å²) in [5.41, 5.74) is 2.75. The van der Waals surface area contributed by atoms with Gasteiger partial charge in [0.15, 0.2) is 0 Å². The van der Waals surface area contributed by atoms with Crippen LogP contribution < -0.4 is 15.5 Å². The molecule has 1 aliphatic heterocycles. The Balaban J connectivity index is 1.80. The number of rotatable bonds is 5. The average Bonchev–Trinajstić information content (AvgIpc) is 2.62. The van der Waals surface area contributed by atoms with Crippen LogP contribution in [0.3, 0.4) is 0 Å². The molecule has 0 radical (unpaired) electrons. The van der Waals surface area contributed by atoms with Crippen LogP contribution in [0.5, 0.6) is 0 Å². The number of nitrogens with zero attached hydrogens (tertiary/aromatic N) is 4. The maximum absolute atomic E-state index is 4.42. The predicted molar refractivity (Wildman–Crippen MR) is 94.8 cm³/mol. The first-order valence-electron chi connectivity index (χ1n) is 7.61. The lowest BCUT2D eigenvalue weighted by Crippen LogP contribution is -2.43. The van der Waals surface area contributed by atoms with E-state index in [1.165, 1.54) is 0 Å². The van der Waals surface area contributed by atoms with Gasteiger partial charge in [0.2, 0.25) is 5.95 Å². The molecule has 118 valence electrons. The molecule has 2 aromatic heterocycles. The standard InChI is InChI=1S/C17H20N6/c1-3-13-12-20-17(21-15(13)4-2)22-16-11-14(5-6-19-16)23-9-7-18-8-10-23/h3-6,11-12,18H,1-2,7-10H2,(H,19,20,21,22). The normalized spacial score (nSPS) is 14.3. The molecule has 0 aliphatic carbocycles. The van der Waals surface area contributed by atoms with Gasteiger partial charge in [-0.2, -0.15) is 0 Å². The summed E-state index contributed by atoms with van der Waals surface area (Å²) in [5, 5.41) is 6.50. The van der Waals surface area contributed by atoms with Crippen molar-refractivity contribution >= 4 is 29.6 Å². The van der Waals surface area contributed by atoms with Crippen molar-refractivity contribution in [2.45, 2.75) is 0 Å². The van der Waals surface area contributed by atoms with E-state index in [0.29, 0.717) is 5.95 Å². The lowest BCUT2D eigenvalue weighted by atomic mass is 10.2. The molecule has 3 heterocycles. The van der Waals surface area contributed by atoms with E-state index in [1.807, 2.05) is 12.1 Å². The van der Waals surface area contributed by atoms with Crippen LogP contribution in [0.25, 0.3) is 12.2 Å². The van der Waals surface area contributed by atoms with E-state index in [1.54, 1.807) is 24.5 Å². The molecule has 0 aromatic carbocycles. The van der Waals surface area contributed by atoms with Crippen molar-refractivity contribution in [1.82, 2.24) is 20.3 Å². The van der Waals surface area contributed by atoms with Gasteiger partial charge in [0.25, 0.3) is 0 Å². The van der Waals surface area contributed by atoms with E-state index in [0.717, 1.165) is 48.9 Å². The molecule has 1 aliphatic rings. The monoisotopic (exact) mass is 308 g/mol. The molecule has 0 unspecified atom stereocenters. The van der Waals surface area contributed by atoms with Gasteiger partial charge in [0, 0.05) is 55.9 Å². The van der Waals surface area contributed by atoms with Gasteiger partial charge in [-0.05, 0) is 12.1 Å². The first kappa shape index (κ1) is 15.2. The van der Waals surface area contributed by atoms with Gasteiger partial charge in [-0.25, -0.2) is 15.0 Å². The molecule has 23 heavy (non-hydrogen) atoms. The molecule has 3 rings (SSSR count). The fourth-order valence-electron chi connectivity index (χ4n) is 2.51. The van der Waals surface area contributed by atoms with Crippen LogP contribution in [0.1, 0.15) is 11.3 Å². The molecule has 0 spiro atoms. The summed E-state index contributed by atoms with van der Waals surface area (Å²) in [4.78, 5) is 15.4. The Labute approximate surface area is 136 Å². The van der Waals surface area contributed by atoms with E-state index in [2.05, 4.69) is 43.6 Å². The minimum atomic E-state index is 0.496. The van der Waals surface area contributed by atoms with Gasteiger partial charge in [-0.15, -0.1) is 0 Å². The molecule has 1 fully saturated rings. The highest BCUT2D eigenvalue weighted by Crippen LogP contribution is 2.20. The van der Waals surface area contributed by atoms with E-state index < -0.39 is 0 Å². The Bertz CT molecular complexity index is 706. The van der Waals surface area contributed by atoms with Crippen molar-refractivity contribution < 1.29 is 0 Å². The molecule has 6 nitrogen and oxygen atoms in total. The summed E-state index contributed by atoms with van der Waals surface area (Å²) in [6, 6.07) is 4.04. The van der Waals surface area contributed by atoms with Gasteiger partial charge in [-0.1, -0.05) is 19.2 Å². The topological polar surface area (TPSA) is 66.0 Å². The number of anilines is 3. The second-order valence-corrected chi connectivity index (χ2v) is 5.20. The molecular weight excluding hydrogens is 288 g/mol. The number of hydrogen-bond acceptors (Lipinski definition) is 6. The number of pyridine rings is 1. The maximum Gasteiger partial charge on any atom is 0.228 e. The van der Waals surface area contributed by atoms with Crippen LogP contribution in [-0.2, 0) is 0 Å². The summed E-state index contributed by atoms with van der Waals surface area (Å²) in [7, 11) is 0. The van der Waals surface area contributed by atoms with Crippen LogP contribution in [-0.4, -0.2) is 41.1 Å². The van der Waals surface area contributed by atoms with Crippen molar-refractivity contribution in [2.24, 2.45) is 0 Å². The number of hydrogen-bond donors (Lipinski definition) is 2. The molecule has 0 bridgehead atoms. The Morgan fingerprint density at radius 2 is 2.00 bits per heavy atom. The zero-order valence-electron chi connectivity index (χ0n) is 13.0. The van der Waals surface area contributed by atoms with Gasteiger partial charge >= 0.3 is 0 Å². The van der Waals surface area contributed by atoms with Crippen LogP contribution in [0.15, 0.2) is 37.7 Å². The Morgan fingerprint density at radius 3 is 2.74 bits per heavy atom. The maximum atomic E-state index is 4.42. The Morgan fingerprint density at radius 1 is 1.17 bits per heavy atom. The molecule has 0 atom stereocenters. The van der Waals surface area contributed by atoms with Crippen LogP contribution in [0, 0.1) is 0 Å². The highest BCUT2D eigenvalue weighted by molar-refractivity contribution is 5.63. The first-order chi connectivity index (χ1) is 11.3. The van der Waals surface area contributed by atoms with Gasteiger partial charge in [0.05, 0.1) is 5.69 Å². The Kier molecular flexibility index (Phi) is 4.63. The zero-order valence-corrected chi connectivity index (χ0v) is 13.0. The minimum Gasteiger partial charge on any atom is -0.369 e. The van der Waals surface area contributed by atoms with E-state index in [4.69, 9.17) is 0 Å². The molecule has 0 saturated carbocycles. The number of piperazine rings is 1. The van der Waals surface area contributed by atoms with Crippen LogP contribution in [0.2, 0.25) is 0 Å². The zero-order chi connectivity index (χ0) is 16.1. The largest absolute Gasteiger partial charge is 0.369 e. The van der Waals surface area contributed by atoms with Crippen molar-refractivity contribution in [1.29, 1.82) is 0 Å². The average molecular weight is 308 g/mol. The quantitative estimate of drug-likeness (QED) is 0.883. The van der Waals surface area contributed by atoms with E-state index in [9.17, 15) is 0 Å². The summed E-state index contributed by atoms with van der Waals surface area (Å²) < 4.78 is 0. The number of aromatic nitrogens is 3. The molecule has 2 N–H and O–H groups in total. The second-order valence-electron chi connectivity index (χ2n) is 5.20. The lowest BCUT2D eigenvalue weighted by Gasteiger charge is -2.29. The third kappa shape index (κ3) is 3.54. The molecule has 2 aromatic rings. The van der Waals surface area contributed by atoms with E-state index in [-0.39, 0.29) is 0 Å². The summed E-state index contributed by atoms with van der Waals surface area (Å²) >= 11 is 0. The van der Waals surface area contributed by atoms with Gasteiger partial charge in [-0.3, -0.25) is 0 Å². The van der Waals surface area contributed by atoms with Crippen LogP contribution in [0.4, 0.5) is 17.5 Å². The van der Waals surface area contributed by atoms with Gasteiger partial charge in [0.1, 0.15) is 5.82 Å². The van der Waals surface area contributed by atoms with E-state index >= 15 is 0 Å². The third-order valence-corrected chi connectivity index (χ3v) is 3.73. The fraction of sp³-hybridized carbons (Fsp3) is 0.235. The smallest absolute Gasteiger partial charge is 0.228 e. The molecule has 6 heteroatoms. The summed E-state index contributed by atoms with van der Waals surface area (Å²) in [6.07, 6.45) is 6.92. The third-order valence-electron chi connectivity index (χ3n) is 3.73. The molecule has 0 amide bonds. The van der Waals surface area contributed by atoms with Crippen LogP contribution >= 0.6 is 0 Å². The van der Waals surface area contributed by atoms with Crippen molar-refractivity contribution in [2.75, 3.05) is 36.4 Å². The summed E-state index contributed by atoms with van der Waals surface area (Å²) in [5.74, 6) is 1.22. The molecular formula is C17H20N6. The highest BCUT2D eigenvalue weighted by atomic mass is 15.2. The Hall–Kier alpha value is -2.73. The van der Waals surface area contributed by atoms with Crippen molar-refractivity contribution in [3.05, 3.63) is 48.9 Å². The van der Waals surface area contributed by atoms with Crippen molar-refractivity contribution in [3.8, 4) is 0 Å². The number of nitrogens with one attached hydrogen (secondary N) is 2. The minimum absolute atomic E-state index is 0.496. The summed E-state index contributed by atoms with van der Waals surface area (Å²) in [6.45, 7) is 11.5. The SMILES string of the molecule is C=Cc1cnc(Nc2cc(N3CCNCC3)ccn2)nc1C=C. The highest BCUT2D eigenvalue weighted by Gasteiger charge is 2.11. The first-order valence-corrected chi connectivity index (χ1v) is 7.61.